The summed E-state index contributed by atoms with van der Waals surface area (Å²) in [5.41, 5.74) is 1.27. The van der Waals surface area contributed by atoms with Crippen molar-refractivity contribution in [2.24, 2.45) is 5.92 Å². The molecule has 3 nitrogen and oxygen atoms in total. The van der Waals surface area contributed by atoms with Gasteiger partial charge in [-0.1, -0.05) is 30.3 Å². The van der Waals surface area contributed by atoms with E-state index in [1.165, 1.54) is 6.42 Å². The van der Waals surface area contributed by atoms with E-state index in [0.29, 0.717) is 12.2 Å². The summed E-state index contributed by atoms with van der Waals surface area (Å²) < 4.78 is 5.63. The Morgan fingerprint density at radius 2 is 2.16 bits per heavy atom. The fourth-order valence-corrected chi connectivity index (χ4v) is 3.42. The molecule has 0 spiro atoms. The number of benzene rings is 1. The van der Waals surface area contributed by atoms with Gasteiger partial charge >= 0.3 is 5.97 Å². The molecule has 0 amide bonds. The van der Waals surface area contributed by atoms with Gasteiger partial charge in [0.05, 0.1) is 5.92 Å². The highest BCUT2D eigenvalue weighted by Gasteiger charge is 2.22. The molecule has 19 heavy (non-hydrogen) atoms. The molecule has 2 atom stereocenters. The lowest BCUT2D eigenvalue weighted by molar-refractivity contribution is -0.140. The molecule has 4 heteroatoms. The van der Waals surface area contributed by atoms with Crippen LogP contribution in [0.5, 0.6) is 0 Å². The van der Waals surface area contributed by atoms with Crippen molar-refractivity contribution in [1.29, 1.82) is 0 Å². The number of ether oxygens (including phenoxy) is 1. The predicted octanol–water partition coefficient (Wildman–Crippen LogP) is 3.19. The van der Waals surface area contributed by atoms with Gasteiger partial charge in [0, 0.05) is 12.4 Å². The molecule has 0 saturated carbocycles. The average Bonchev–Trinajstić information content (AvgIpc) is 2.45. The summed E-state index contributed by atoms with van der Waals surface area (Å²) in [6, 6.07) is 9.82. The summed E-state index contributed by atoms with van der Waals surface area (Å²) in [6.07, 6.45) is 3.95. The van der Waals surface area contributed by atoms with Crippen LogP contribution in [0.25, 0.3) is 0 Å². The predicted molar refractivity (Wildman–Crippen MR) is 77.3 cm³/mol. The third-order valence-electron chi connectivity index (χ3n) is 3.30. The van der Waals surface area contributed by atoms with E-state index in [2.05, 4.69) is 0 Å². The maximum absolute atomic E-state index is 11.3. The molecule has 0 aliphatic carbocycles. The van der Waals surface area contributed by atoms with E-state index in [9.17, 15) is 9.90 Å². The van der Waals surface area contributed by atoms with Crippen LogP contribution >= 0.6 is 11.8 Å². The molecule has 1 aromatic rings. The van der Waals surface area contributed by atoms with Crippen LogP contribution in [0.1, 0.15) is 24.8 Å². The van der Waals surface area contributed by atoms with E-state index in [1.807, 2.05) is 30.3 Å². The molecule has 1 aliphatic rings. The van der Waals surface area contributed by atoms with Gasteiger partial charge in [-0.3, -0.25) is 4.79 Å². The van der Waals surface area contributed by atoms with Gasteiger partial charge in [0.2, 0.25) is 0 Å². The van der Waals surface area contributed by atoms with E-state index in [0.717, 1.165) is 25.0 Å². The minimum atomic E-state index is -0.716. The van der Waals surface area contributed by atoms with Crippen LogP contribution in [0, 0.1) is 5.92 Å². The molecule has 2 rings (SSSR count). The fourth-order valence-electron chi connectivity index (χ4n) is 2.18. The molecule has 1 aliphatic heterocycles. The van der Waals surface area contributed by atoms with Crippen LogP contribution in [-0.4, -0.2) is 28.9 Å². The number of rotatable bonds is 6. The summed E-state index contributed by atoms with van der Waals surface area (Å²) in [7, 11) is 0. The second kappa shape index (κ2) is 7.56. The largest absolute Gasteiger partial charge is 0.481 e. The molecule has 1 N–H and O–H groups in total. The first-order valence-corrected chi connectivity index (χ1v) is 7.80. The molecule has 0 aromatic heterocycles. The van der Waals surface area contributed by atoms with Crippen LogP contribution in [-0.2, 0) is 16.0 Å². The molecular weight excluding hydrogens is 260 g/mol. The Labute approximate surface area is 118 Å². The lowest BCUT2D eigenvalue weighted by Crippen LogP contribution is -2.23. The molecule has 104 valence electrons. The number of carboxylic acids is 1. The summed E-state index contributed by atoms with van der Waals surface area (Å²) in [6.45, 7) is 0.814. The quantitative estimate of drug-likeness (QED) is 0.869. The first kappa shape index (κ1) is 14.4. The zero-order chi connectivity index (χ0) is 13.5. The normalized spacial score (nSPS) is 20.9. The average molecular weight is 280 g/mol. The van der Waals surface area contributed by atoms with Gasteiger partial charge in [-0.25, -0.2) is 0 Å². The van der Waals surface area contributed by atoms with Crippen molar-refractivity contribution in [1.82, 2.24) is 0 Å². The Hall–Kier alpha value is -1.00. The van der Waals surface area contributed by atoms with Gasteiger partial charge in [0.15, 0.2) is 0 Å². The summed E-state index contributed by atoms with van der Waals surface area (Å²) in [5, 5.41) is 9.31. The van der Waals surface area contributed by atoms with Crippen LogP contribution in [0.4, 0.5) is 0 Å². The van der Waals surface area contributed by atoms with Gasteiger partial charge in [-0.2, -0.15) is 0 Å². The number of hydrogen-bond acceptors (Lipinski definition) is 3. The highest BCUT2D eigenvalue weighted by atomic mass is 32.2. The summed E-state index contributed by atoms with van der Waals surface area (Å²) >= 11 is 1.65. The van der Waals surface area contributed by atoms with E-state index in [4.69, 9.17) is 4.74 Å². The highest BCUT2D eigenvalue weighted by Crippen LogP contribution is 2.26. The number of thioether (sulfide) groups is 1. The Morgan fingerprint density at radius 1 is 1.37 bits per heavy atom. The van der Waals surface area contributed by atoms with E-state index in [1.54, 1.807) is 11.8 Å². The van der Waals surface area contributed by atoms with Crippen molar-refractivity contribution in [2.75, 3.05) is 12.4 Å². The summed E-state index contributed by atoms with van der Waals surface area (Å²) in [4.78, 5) is 11.3. The Bertz CT molecular complexity index is 388. The standard InChI is InChI=1S/C15H20O3S/c16-15(17)13(10-12-6-2-1-3-7-12)11-19-14-8-4-5-9-18-14/h1-3,6-7,13-14H,4-5,8-11H2,(H,16,17). The van der Waals surface area contributed by atoms with Crippen molar-refractivity contribution < 1.29 is 14.6 Å². The third kappa shape index (κ3) is 4.88. The van der Waals surface area contributed by atoms with E-state index < -0.39 is 5.97 Å². The molecular formula is C15H20O3S. The fraction of sp³-hybridized carbons (Fsp3) is 0.533. The lowest BCUT2D eigenvalue weighted by Gasteiger charge is -2.23. The molecule has 1 saturated heterocycles. The van der Waals surface area contributed by atoms with E-state index in [-0.39, 0.29) is 11.4 Å². The molecule has 0 bridgehead atoms. The van der Waals surface area contributed by atoms with Crippen molar-refractivity contribution in [2.45, 2.75) is 31.1 Å². The number of hydrogen-bond donors (Lipinski definition) is 1. The molecule has 1 heterocycles. The van der Waals surface area contributed by atoms with Gasteiger partial charge in [0.1, 0.15) is 5.44 Å². The maximum Gasteiger partial charge on any atom is 0.307 e. The van der Waals surface area contributed by atoms with Crippen molar-refractivity contribution in [3.8, 4) is 0 Å². The minimum absolute atomic E-state index is 0.186. The topological polar surface area (TPSA) is 46.5 Å². The van der Waals surface area contributed by atoms with Crippen molar-refractivity contribution in [3.05, 3.63) is 35.9 Å². The zero-order valence-corrected chi connectivity index (χ0v) is 11.8. The second-order valence-electron chi connectivity index (χ2n) is 4.85. The summed E-state index contributed by atoms with van der Waals surface area (Å²) in [5.74, 6) is -0.431. The number of carbonyl (C=O) groups is 1. The van der Waals surface area contributed by atoms with Crippen molar-refractivity contribution in [3.63, 3.8) is 0 Å². The van der Waals surface area contributed by atoms with Gasteiger partial charge in [-0.05, 0) is 31.2 Å². The van der Waals surface area contributed by atoms with Crippen LogP contribution < -0.4 is 0 Å². The van der Waals surface area contributed by atoms with Gasteiger partial charge in [0.25, 0.3) is 0 Å². The Kier molecular flexibility index (Phi) is 5.73. The second-order valence-corrected chi connectivity index (χ2v) is 6.05. The number of carboxylic acid groups (broad SMARTS) is 1. The number of aliphatic carboxylic acids is 1. The maximum atomic E-state index is 11.3. The van der Waals surface area contributed by atoms with Gasteiger partial charge < -0.3 is 9.84 Å². The Balaban J connectivity index is 1.84. The molecule has 1 aromatic carbocycles. The van der Waals surface area contributed by atoms with Crippen LogP contribution in [0.15, 0.2) is 30.3 Å². The monoisotopic (exact) mass is 280 g/mol. The SMILES string of the molecule is O=C(O)C(CSC1CCCCO1)Cc1ccccc1. The zero-order valence-electron chi connectivity index (χ0n) is 11.0. The third-order valence-corrected chi connectivity index (χ3v) is 4.63. The smallest absolute Gasteiger partial charge is 0.307 e. The molecule has 1 fully saturated rings. The van der Waals surface area contributed by atoms with Crippen molar-refractivity contribution >= 4 is 17.7 Å². The Morgan fingerprint density at radius 3 is 2.79 bits per heavy atom. The van der Waals surface area contributed by atoms with Crippen LogP contribution in [0.3, 0.4) is 0 Å². The minimum Gasteiger partial charge on any atom is -0.481 e. The van der Waals surface area contributed by atoms with E-state index >= 15 is 0 Å². The first-order chi connectivity index (χ1) is 9.25. The molecule has 0 radical (unpaired) electrons. The lowest BCUT2D eigenvalue weighted by atomic mass is 10.0. The van der Waals surface area contributed by atoms with Crippen LogP contribution in [0.2, 0.25) is 0 Å². The highest BCUT2D eigenvalue weighted by molar-refractivity contribution is 7.99. The molecule has 2 unspecified atom stereocenters. The van der Waals surface area contributed by atoms with Gasteiger partial charge in [-0.15, -0.1) is 11.8 Å². The first-order valence-electron chi connectivity index (χ1n) is 6.75.